The van der Waals surface area contributed by atoms with Crippen LogP contribution < -0.4 is 16.7 Å². The van der Waals surface area contributed by atoms with E-state index >= 15 is 0 Å². The van der Waals surface area contributed by atoms with Gasteiger partial charge in [0.05, 0.1) is 22.5 Å². The number of nitrogens with zero attached hydrogens (tertiary/aromatic N) is 2. The Morgan fingerprint density at radius 3 is 2.54 bits per heavy atom. The Balaban J connectivity index is 1.93. The van der Waals surface area contributed by atoms with E-state index in [1.165, 1.54) is 6.07 Å². The van der Waals surface area contributed by atoms with Gasteiger partial charge in [-0.05, 0) is 59.0 Å². The normalized spacial score (nSPS) is 10.9. The summed E-state index contributed by atoms with van der Waals surface area (Å²) < 4.78 is 1.86. The van der Waals surface area contributed by atoms with E-state index in [-0.39, 0.29) is 16.1 Å². The highest BCUT2D eigenvalue weighted by Gasteiger charge is 2.14. The number of aromatic amines is 1. The van der Waals surface area contributed by atoms with Crippen molar-refractivity contribution in [1.29, 1.82) is 0 Å². The molecule has 0 aliphatic carbocycles. The average Bonchev–Trinajstić information content (AvgIpc) is 2.66. The van der Waals surface area contributed by atoms with Crippen LogP contribution in [-0.2, 0) is 0 Å². The Morgan fingerprint density at radius 2 is 1.86 bits per heavy atom. The molecule has 1 heterocycles. The van der Waals surface area contributed by atoms with Crippen molar-refractivity contribution in [3.63, 3.8) is 0 Å². The van der Waals surface area contributed by atoms with Crippen molar-refractivity contribution in [3.05, 3.63) is 89.1 Å². The van der Waals surface area contributed by atoms with Crippen LogP contribution in [0.5, 0.6) is 5.88 Å². The summed E-state index contributed by atoms with van der Waals surface area (Å²) in [5.41, 5.74) is 0.825. The molecule has 0 unspecified atom stereocenters. The molecule has 8 nitrogen and oxygen atoms in total. The number of halogens is 2. The van der Waals surface area contributed by atoms with E-state index in [1.54, 1.807) is 42.5 Å². The molecule has 0 saturated carbocycles. The quantitative estimate of drug-likeness (QED) is 0.284. The van der Waals surface area contributed by atoms with Crippen molar-refractivity contribution in [2.75, 3.05) is 0 Å². The lowest BCUT2D eigenvalue weighted by atomic mass is 10.2. The lowest BCUT2D eigenvalue weighted by molar-refractivity contribution is 0.0955. The zero-order valence-electron chi connectivity index (χ0n) is 14.0. The number of hydrazone groups is 1. The first-order chi connectivity index (χ1) is 13.4. The molecule has 0 aliphatic rings. The lowest BCUT2D eigenvalue weighted by Crippen LogP contribution is -2.31. The van der Waals surface area contributed by atoms with Crippen LogP contribution in [0.3, 0.4) is 0 Å². The van der Waals surface area contributed by atoms with Gasteiger partial charge in [-0.2, -0.15) is 5.10 Å². The lowest BCUT2D eigenvalue weighted by Gasteiger charge is -2.09. The first kappa shape index (κ1) is 19.8. The molecule has 0 spiro atoms. The smallest absolute Gasteiger partial charge is 0.335 e. The molecule has 28 heavy (non-hydrogen) atoms. The molecule has 0 saturated heterocycles. The van der Waals surface area contributed by atoms with Crippen molar-refractivity contribution in [3.8, 4) is 11.6 Å². The number of carbonyl (C=O) groups excluding carboxylic acids is 1. The van der Waals surface area contributed by atoms with Crippen LogP contribution in [0.1, 0.15) is 15.9 Å². The SMILES string of the molecule is O=C(N/N=C\c1c(O)n(-c2ccc(I)cc2)c(=O)[nH]c1=O)c1ccccc1Cl. The third-order valence-electron chi connectivity index (χ3n) is 3.68. The number of benzene rings is 2. The van der Waals surface area contributed by atoms with Gasteiger partial charge in [0.1, 0.15) is 5.56 Å². The number of hydrogen-bond donors (Lipinski definition) is 3. The zero-order valence-corrected chi connectivity index (χ0v) is 16.9. The molecule has 0 fully saturated rings. The fourth-order valence-corrected chi connectivity index (χ4v) is 2.93. The number of amides is 1. The summed E-state index contributed by atoms with van der Waals surface area (Å²) in [5, 5.41) is 14.3. The van der Waals surface area contributed by atoms with Gasteiger partial charge in [-0.25, -0.2) is 14.8 Å². The van der Waals surface area contributed by atoms with Crippen molar-refractivity contribution < 1.29 is 9.90 Å². The van der Waals surface area contributed by atoms with Crippen LogP contribution in [0.25, 0.3) is 5.69 Å². The summed E-state index contributed by atoms with van der Waals surface area (Å²) in [5.74, 6) is -1.20. The highest BCUT2D eigenvalue weighted by molar-refractivity contribution is 14.1. The summed E-state index contributed by atoms with van der Waals surface area (Å²) >= 11 is 8.03. The van der Waals surface area contributed by atoms with E-state index in [0.29, 0.717) is 5.69 Å². The largest absolute Gasteiger partial charge is 0.493 e. The molecule has 2 aromatic carbocycles. The Bertz CT molecular complexity index is 1190. The Labute approximate surface area is 176 Å². The summed E-state index contributed by atoms with van der Waals surface area (Å²) in [4.78, 5) is 38.4. The molecule has 0 radical (unpaired) electrons. The summed E-state index contributed by atoms with van der Waals surface area (Å²) in [7, 11) is 0. The van der Waals surface area contributed by atoms with Crippen LogP contribution in [-0.4, -0.2) is 26.8 Å². The van der Waals surface area contributed by atoms with Gasteiger partial charge in [0.25, 0.3) is 11.5 Å². The van der Waals surface area contributed by atoms with Crippen molar-refractivity contribution in [1.82, 2.24) is 15.0 Å². The van der Waals surface area contributed by atoms with Crippen LogP contribution in [0.4, 0.5) is 0 Å². The van der Waals surface area contributed by atoms with E-state index in [0.717, 1.165) is 14.4 Å². The first-order valence-corrected chi connectivity index (χ1v) is 9.26. The molecular weight excluding hydrogens is 499 g/mol. The van der Waals surface area contributed by atoms with Gasteiger partial charge in [0, 0.05) is 3.57 Å². The van der Waals surface area contributed by atoms with E-state index in [2.05, 4.69) is 38.1 Å². The number of hydrogen-bond acceptors (Lipinski definition) is 5. The number of nitrogens with one attached hydrogen (secondary N) is 2. The molecule has 142 valence electrons. The van der Waals surface area contributed by atoms with Crippen molar-refractivity contribution >= 4 is 46.3 Å². The van der Waals surface area contributed by atoms with E-state index in [4.69, 9.17) is 11.6 Å². The van der Waals surface area contributed by atoms with Gasteiger partial charge in [-0.3, -0.25) is 14.6 Å². The Kier molecular flexibility index (Phi) is 5.95. The molecule has 0 bridgehead atoms. The zero-order chi connectivity index (χ0) is 20.3. The maximum atomic E-state index is 12.1. The number of aromatic hydroxyl groups is 1. The second-order valence-electron chi connectivity index (χ2n) is 5.49. The van der Waals surface area contributed by atoms with Gasteiger partial charge >= 0.3 is 5.69 Å². The highest BCUT2D eigenvalue weighted by atomic mass is 127. The Hall–Kier alpha value is -2.92. The first-order valence-electron chi connectivity index (χ1n) is 7.80. The standard InChI is InChI=1S/C18H12ClIN4O4/c19-14-4-2-1-3-12(14)16(26)23-21-9-13-15(25)22-18(28)24(17(13)27)11-7-5-10(20)6-8-11/h1-9,27H,(H,23,26)(H,22,25,28)/b21-9-. The highest BCUT2D eigenvalue weighted by Crippen LogP contribution is 2.17. The van der Waals surface area contributed by atoms with Crippen LogP contribution in [0.2, 0.25) is 5.02 Å². The number of H-pyrrole nitrogens is 1. The molecule has 0 aliphatic heterocycles. The minimum atomic E-state index is -0.847. The van der Waals surface area contributed by atoms with Crippen LogP contribution in [0, 0.1) is 3.57 Å². The molecule has 3 rings (SSSR count). The van der Waals surface area contributed by atoms with Gasteiger partial charge in [-0.15, -0.1) is 0 Å². The average molecular weight is 511 g/mol. The number of carbonyl (C=O) groups is 1. The minimum absolute atomic E-state index is 0.198. The van der Waals surface area contributed by atoms with E-state index < -0.39 is 23.0 Å². The maximum absolute atomic E-state index is 12.1. The molecule has 1 amide bonds. The van der Waals surface area contributed by atoms with Crippen LogP contribution in [0.15, 0.2) is 63.2 Å². The fraction of sp³-hybridized carbons (Fsp3) is 0. The summed E-state index contributed by atoms with van der Waals surface area (Å²) in [6.45, 7) is 0. The topological polar surface area (TPSA) is 117 Å². The van der Waals surface area contributed by atoms with Gasteiger partial charge in [0.2, 0.25) is 5.88 Å². The van der Waals surface area contributed by atoms with E-state index in [1.807, 2.05) is 0 Å². The Morgan fingerprint density at radius 1 is 1.18 bits per heavy atom. The second kappa shape index (κ2) is 8.40. The monoisotopic (exact) mass is 510 g/mol. The molecule has 1 aromatic heterocycles. The van der Waals surface area contributed by atoms with Gasteiger partial charge < -0.3 is 5.11 Å². The minimum Gasteiger partial charge on any atom is -0.493 e. The molecule has 10 heteroatoms. The van der Waals surface area contributed by atoms with Crippen molar-refractivity contribution in [2.45, 2.75) is 0 Å². The third kappa shape index (κ3) is 4.15. The third-order valence-corrected chi connectivity index (χ3v) is 4.73. The van der Waals surface area contributed by atoms with E-state index in [9.17, 15) is 19.5 Å². The van der Waals surface area contributed by atoms with Crippen LogP contribution >= 0.6 is 34.2 Å². The maximum Gasteiger partial charge on any atom is 0.335 e. The predicted octanol–water partition coefficient (Wildman–Crippen LogP) is 2.25. The second-order valence-corrected chi connectivity index (χ2v) is 7.14. The molecule has 3 aromatic rings. The number of aromatic nitrogens is 2. The molecule has 0 atom stereocenters. The van der Waals surface area contributed by atoms with Crippen molar-refractivity contribution in [2.24, 2.45) is 5.10 Å². The fourth-order valence-electron chi connectivity index (χ4n) is 2.35. The number of rotatable bonds is 4. The van der Waals surface area contributed by atoms with Gasteiger partial charge in [-0.1, -0.05) is 23.7 Å². The van der Waals surface area contributed by atoms with Gasteiger partial charge in [0.15, 0.2) is 0 Å². The molecular formula is C18H12ClIN4O4. The summed E-state index contributed by atoms with van der Waals surface area (Å²) in [6, 6.07) is 13.1. The molecule has 3 N–H and O–H groups in total. The predicted molar refractivity (Wildman–Crippen MR) is 114 cm³/mol. The summed E-state index contributed by atoms with van der Waals surface area (Å²) in [6.07, 6.45) is 0.950.